The van der Waals surface area contributed by atoms with Gasteiger partial charge in [0.1, 0.15) is 5.82 Å². The molecule has 4 aromatic rings. The average Bonchev–Trinajstić information content (AvgIpc) is 3.65. The van der Waals surface area contributed by atoms with Crippen LogP contribution in [0.1, 0.15) is 62.8 Å². The van der Waals surface area contributed by atoms with E-state index in [2.05, 4.69) is 47.2 Å². The molecule has 1 fully saturated rings. The third kappa shape index (κ3) is 6.91. The van der Waals surface area contributed by atoms with E-state index in [0.29, 0.717) is 40.7 Å². The number of hydrogen-bond donors (Lipinski definition) is 1. The fraction of sp³-hybridized carbons (Fsp3) is 0.441. The number of halogens is 1. The van der Waals surface area contributed by atoms with E-state index in [0.717, 1.165) is 63.0 Å². The summed E-state index contributed by atoms with van der Waals surface area (Å²) in [6.45, 7) is 11.4. The van der Waals surface area contributed by atoms with Gasteiger partial charge in [0.15, 0.2) is 11.4 Å². The molecule has 42 heavy (non-hydrogen) atoms. The van der Waals surface area contributed by atoms with Gasteiger partial charge in [-0.05, 0) is 75.9 Å². The van der Waals surface area contributed by atoms with E-state index in [1.54, 1.807) is 16.8 Å². The maximum absolute atomic E-state index is 16.0. The number of ether oxygens (including phenoxy) is 1. The van der Waals surface area contributed by atoms with Gasteiger partial charge in [-0.2, -0.15) is 10.2 Å². The average molecular weight is 569 g/mol. The van der Waals surface area contributed by atoms with E-state index < -0.39 is 0 Å². The van der Waals surface area contributed by atoms with Gasteiger partial charge in [-0.3, -0.25) is 4.68 Å². The van der Waals surface area contributed by atoms with Crippen LogP contribution in [0.2, 0.25) is 0 Å². The molecule has 220 valence electrons. The normalized spacial score (nSPS) is 15.0. The van der Waals surface area contributed by atoms with Crippen molar-refractivity contribution in [2.24, 2.45) is 11.8 Å². The Morgan fingerprint density at radius 1 is 1.21 bits per heavy atom. The standard InChI is InChI=1S/C34H41FN6O/c1-5-7-10-26(6-2)30(27-11-14-36-15-12-27)21-29-24(3)19-28(20-31(29)35)32-22-33(34-38-25(4)23-41(34)39-32)42-18-9-17-40-16-8-13-37-40/h8,13,16,19-23,26-27,36H,5-6,9,11-12,14-15,17-18H2,1-4H3/b30-21+. The zero-order valence-electron chi connectivity index (χ0n) is 25.2. The number of imidazole rings is 1. The van der Waals surface area contributed by atoms with E-state index in [-0.39, 0.29) is 11.7 Å². The molecule has 0 aliphatic carbocycles. The lowest BCUT2D eigenvalue weighted by Gasteiger charge is -2.28. The molecule has 5 rings (SSSR count). The molecule has 1 saturated heterocycles. The van der Waals surface area contributed by atoms with E-state index in [1.807, 2.05) is 49.1 Å². The van der Waals surface area contributed by atoms with Crippen molar-refractivity contribution in [2.75, 3.05) is 19.7 Å². The van der Waals surface area contributed by atoms with E-state index >= 15 is 4.39 Å². The van der Waals surface area contributed by atoms with E-state index in [1.165, 1.54) is 5.57 Å². The number of nitrogens with zero attached hydrogens (tertiary/aromatic N) is 5. The van der Waals surface area contributed by atoms with Crippen molar-refractivity contribution in [2.45, 2.75) is 66.3 Å². The Kier molecular flexibility index (Phi) is 9.70. The van der Waals surface area contributed by atoms with Crippen LogP contribution in [-0.2, 0) is 6.54 Å². The van der Waals surface area contributed by atoms with Crippen molar-refractivity contribution in [3.8, 4) is 28.8 Å². The largest absolute Gasteiger partial charge is 0.489 e. The molecular weight excluding hydrogens is 527 g/mol. The maximum atomic E-state index is 16.0. The van der Waals surface area contributed by atoms with Crippen molar-refractivity contribution < 1.29 is 9.13 Å². The molecule has 0 radical (unpaired) electrons. The zero-order valence-corrected chi connectivity index (χ0v) is 25.2. The molecule has 4 heterocycles. The van der Waals surface area contributed by atoms with Crippen molar-refractivity contribution in [3.63, 3.8) is 0 Å². The van der Waals surface area contributed by atoms with Gasteiger partial charge >= 0.3 is 0 Å². The van der Waals surface area contributed by atoms with Gasteiger partial charge in [0.05, 0.1) is 24.2 Å². The third-order valence-corrected chi connectivity index (χ3v) is 7.88. The van der Waals surface area contributed by atoms with Crippen LogP contribution in [0.4, 0.5) is 4.39 Å². The predicted molar refractivity (Wildman–Crippen MR) is 166 cm³/mol. The lowest BCUT2D eigenvalue weighted by molar-refractivity contribution is 0.300. The summed E-state index contributed by atoms with van der Waals surface area (Å²) in [5.41, 5.74) is 5.60. The summed E-state index contributed by atoms with van der Waals surface area (Å²) in [6.07, 6.45) is 12.3. The lowest BCUT2D eigenvalue weighted by atomic mass is 9.80. The minimum atomic E-state index is -0.250. The van der Waals surface area contributed by atoms with Crippen LogP contribution in [0.25, 0.3) is 23.0 Å². The molecule has 0 amide bonds. The van der Waals surface area contributed by atoms with Crippen molar-refractivity contribution in [1.29, 1.82) is 0 Å². The summed E-state index contributed by atoms with van der Waals surface area (Å²) >= 11 is 0. The smallest absolute Gasteiger partial charge is 0.196 e. The highest BCUT2D eigenvalue weighted by Crippen LogP contribution is 2.34. The topological polar surface area (TPSA) is 69.3 Å². The van der Waals surface area contributed by atoms with Gasteiger partial charge in [0.2, 0.25) is 0 Å². The molecule has 1 N–H and O–H groups in total. The van der Waals surface area contributed by atoms with Gasteiger partial charge in [0.25, 0.3) is 0 Å². The van der Waals surface area contributed by atoms with Gasteiger partial charge in [-0.1, -0.05) is 31.4 Å². The Balaban J connectivity index is 1.46. The second-order valence-corrected chi connectivity index (χ2v) is 11.0. The number of aromatic nitrogens is 5. The highest BCUT2D eigenvalue weighted by molar-refractivity contribution is 5.70. The Morgan fingerprint density at radius 2 is 2.05 bits per heavy atom. The first-order valence-electron chi connectivity index (χ1n) is 15.1. The Morgan fingerprint density at radius 3 is 2.76 bits per heavy atom. The highest BCUT2D eigenvalue weighted by atomic mass is 19.1. The number of aryl methyl sites for hydroxylation is 3. The number of fused-ring (bicyclic) bond motifs is 1. The molecule has 0 spiro atoms. The number of hydrogen-bond acceptors (Lipinski definition) is 5. The summed E-state index contributed by atoms with van der Waals surface area (Å²) in [7, 11) is 0. The number of benzene rings is 1. The van der Waals surface area contributed by atoms with Crippen molar-refractivity contribution >= 4 is 11.7 Å². The van der Waals surface area contributed by atoms with Crippen LogP contribution in [-0.4, -0.2) is 44.1 Å². The minimum Gasteiger partial charge on any atom is -0.489 e. The Bertz CT molecular complexity index is 1560. The van der Waals surface area contributed by atoms with Gasteiger partial charge < -0.3 is 10.1 Å². The Labute approximate surface area is 248 Å². The molecule has 8 heteroatoms. The molecule has 1 unspecified atom stereocenters. The maximum Gasteiger partial charge on any atom is 0.196 e. The quantitative estimate of drug-likeness (QED) is 0.172. The number of nitrogens with one attached hydrogen (secondary N) is 1. The summed E-state index contributed by atoms with van der Waals surface area (Å²) in [5.74, 6) is 7.66. The first-order valence-corrected chi connectivity index (χ1v) is 15.1. The number of rotatable bonds is 10. The first kappa shape index (κ1) is 29.5. The lowest BCUT2D eigenvalue weighted by Crippen LogP contribution is -2.30. The van der Waals surface area contributed by atoms with E-state index in [9.17, 15) is 0 Å². The van der Waals surface area contributed by atoms with Crippen LogP contribution >= 0.6 is 0 Å². The summed E-state index contributed by atoms with van der Waals surface area (Å²) < 4.78 is 25.8. The molecule has 7 nitrogen and oxygen atoms in total. The van der Waals surface area contributed by atoms with E-state index in [4.69, 9.17) is 9.84 Å². The van der Waals surface area contributed by atoms with Crippen LogP contribution in [0, 0.1) is 43.3 Å². The first-order chi connectivity index (χ1) is 20.5. The zero-order chi connectivity index (χ0) is 29.5. The van der Waals surface area contributed by atoms with Gasteiger partial charge in [-0.25, -0.2) is 13.9 Å². The summed E-state index contributed by atoms with van der Waals surface area (Å²) in [4.78, 5) is 4.61. The molecule has 1 aliphatic rings. The van der Waals surface area contributed by atoms with Crippen LogP contribution in [0.5, 0.6) is 5.75 Å². The van der Waals surface area contributed by atoms with Crippen LogP contribution < -0.4 is 10.1 Å². The molecule has 1 atom stereocenters. The van der Waals surface area contributed by atoms with Crippen LogP contribution in [0.15, 0.2) is 48.4 Å². The third-order valence-electron chi connectivity index (χ3n) is 7.88. The van der Waals surface area contributed by atoms with Gasteiger partial charge in [-0.15, -0.1) is 5.92 Å². The molecule has 0 bridgehead atoms. The van der Waals surface area contributed by atoms with Crippen molar-refractivity contribution in [3.05, 3.63) is 71.1 Å². The molecule has 3 aromatic heterocycles. The molecule has 0 saturated carbocycles. The molecule has 1 aromatic carbocycles. The number of allylic oxidation sites excluding steroid dienone is 1. The molecule has 1 aliphatic heterocycles. The van der Waals surface area contributed by atoms with Crippen LogP contribution in [0.3, 0.4) is 0 Å². The predicted octanol–water partition coefficient (Wildman–Crippen LogP) is 6.64. The molecular formula is C34H41FN6O. The monoisotopic (exact) mass is 568 g/mol. The fourth-order valence-corrected chi connectivity index (χ4v) is 5.71. The second kappa shape index (κ2) is 13.8. The second-order valence-electron chi connectivity index (χ2n) is 11.0. The van der Waals surface area contributed by atoms with Gasteiger partial charge in [0, 0.05) is 54.9 Å². The summed E-state index contributed by atoms with van der Waals surface area (Å²) in [5, 5.41) is 12.5. The summed E-state index contributed by atoms with van der Waals surface area (Å²) in [6, 6.07) is 7.39. The minimum absolute atomic E-state index is 0.132. The van der Waals surface area contributed by atoms with Crippen molar-refractivity contribution in [1.82, 2.24) is 29.7 Å². The number of piperidine rings is 1. The fourth-order valence-electron chi connectivity index (χ4n) is 5.71. The highest BCUT2D eigenvalue weighted by Gasteiger charge is 2.24. The Hall–Kier alpha value is -3.96. The SMILES string of the molecule is CCC#CC(CC)/C(=C\c1c(C)cc(-c2cc(OCCCn3cccn3)c3nc(C)cn3n2)cc1F)C1CCNCC1.